The molecule has 1 atom stereocenters. The highest BCUT2D eigenvalue weighted by atomic mass is 16.5. The molecule has 2 heterocycles. The van der Waals surface area contributed by atoms with Crippen LogP contribution in [0.1, 0.15) is 11.1 Å². The Balaban J connectivity index is 1.51. The van der Waals surface area contributed by atoms with E-state index in [1.165, 1.54) is 5.56 Å². The topological polar surface area (TPSA) is 61.8 Å². The minimum Gasteiger partial charge on any atom is -0.488 e. The molecule has 3 rings (SSSR count). The predicted octanol–water partition coefficient (Wildman–Crippen LogP) is 1.82. The van der Waals surface area contributed by atoms with E-state index in [-0.39, 0.29) is 6.10 Å². The SMILES string of the molecule is CN=C(NCc1cccnc1N(C)C)NCC1Cc2ccccc2O1. The first-order valence-corrected chi connectivity index (χ1v) is 8.47. The molecule has 0 amide bonds. The van der Waals surface area contributed by atoms with Gasteiger partial charge in [0.15, 0.2) is 5.96 Å². The Labute approximate surface area is 148 Å². The molecule has 0 fully saturated rings. The van der Waals surface area contributed by atoms with Crippen molar-refractivity contribution in [2.45, 2.75) is 19.1 Å². The first-order valence-electron chi connectivity index (χ1n) is 8.47. The Kier molecular flexibility index (Phi) is 5.38. The molecule has 0 radical (unpaired) electrons. The second-order valence-corrected chi connectivity index (χ2v) is 6.24. The number of guanidine groups is 1. The number of fused-ring (bicyclic) bond motifs is 1. The molecule has 2 aromatic rings. The lowest BCUT2D eigenvalue weighted by molar-refractivity contribution is 0.235. The van der Waals surface area contributed by atoms with Crippen molar-refractivity contribution in [1.82, 2.24) is 15.6 Å². The zero-order valence-corrected chi connectivity index (χ0v) is 15.0. The number of nitrogens with one attached hydrogen (secondary N) is 2. The molecular weight excluding hydrogens is 314 g/mol. The molecule has 0 saturated carbocycles. The summed E-state index contributed by atoms with van der Waals surface area (Å²) >= 11 is 0. The van der Waals surface area contributed by atoms with Gasteiger partial charge < -0.3 is 20.3 Å². The molecule has 0 aliphatic carbocycles. The van der Waals surface area contributed by atoms with Crippen LogP contribution >= 0.6 is 0 Å². The highest BCUT2D eigenvalue weighted by Crippen LogP contribution is 2.27. The van der Waals surface area contributed by atoms with Crippen molar-refractivity contribution in [3.63, 3.8) is 0 Å². The van der Waals surface area contributed by atoms with Crippen molar-refractivity contribution < 1.29 is 4.74 Å². The molecule has 1 aromatic heterocycles. The van der Waals surface area contributed by atoms with Crippen LogP contribution in [0.15, 0.2) is 47.6 Å². The van der Waals surface area contributed by atoms with Gasteiger partial charge in [-0.3, -0.25) is 4.99 Å². The molecule has 0 bridgehead atoms. The maximum absolute atomic E-state index is 5.95. The lowest BCUT2D eigenvalue weighted by atomic mass is 10.1. The largest absolute Gasteiger partial charge is 0.488 e. The van der Waals surface area contributed by atoms with E-state index in [4.69, 9.17) is 4.74 Å². The Bertz CT molecular complexity index is 719. The van der Waals surface area contributed by atoms with Crippen LogP contribution in [-0.2, 0) is 13.0 Å². The van der Waals surface area contributed by atoms with Gasteiger partial charge in [0.1, 0.15) is 17.7 Å². The molecule has 132 valence electrons. The van der Waals surface area contributed by atoms with E-state index < -0.39 is 0 Å². The van der Waals surface area contributed by atoms with Crippen molar-refractivity contribution in [3.05, 3.63) is 53.7 Å². The second-order valence-electron chi connectivity index (χ2n) is 6.24. The molecule has 6 nitrogen and oxygen atoms in total. The van der Waals surface area contributed by atoms with Crippen LogP contribution in [0.4, 0.5) is 5.82 Å². The normalized spacial score (nSPS) is 16.1. The molecule has 0 spiro atoms. The summed E-state index contributed by atoms with van der Waals surface area (Å²) in [6.07, 6.45) is 2.86. The van der Waals surface area contributed by atoms with E-state index in [9.17, 15) is 0 Å². The number of benzene rings is 1. The van der Waals surface area contributed by atoms with Crippen molar-refractivity contribution >= 4 is 11.8 Å². The first-order chi connectivity index (χ1) is 12.2. The molecule has 2 N–H and O–H groups in total. The van der Waals surface area contributed by atoms with Gasteiger partial charge in [-0.15, -0.1) is 0 Å². The van der Waals surface area contributed by atoms with Gasteiger partial charge in [-0.25, -0.2) is 4.98 Å². The fourth-order valence-electron chi connectivity index (χ4n) is 2.95. The summed E-state index contributed by atoms with van der Waals surface area (Å²) in [5.41, 5.74) is 2.39. The highest BCUT2D eigenvalue weighted by molar-refractivity contribution is 5.79. The summed E-state index contributed by atoms with van der Waals surface area (Å²) in [6.45, 7) is 1.37. The molecule has 6 heteroatoms. The average Bonchev–Trinajstić information content (AvgIpc) is 3.05. The van der Waals surface area contributed by atoms with Crippen molar-refractivity contribution in [2.75, 3.05) is 32.6 Å². The number of hydrogen-bond donors (Lipinski definition) is 2. The monoisotopic (exact) mass is 339 g/mol. The van der Waals surface area contributed by atoms with E-state index in [0.29, 0.717) is 13.1 Å². The lowest BCUT2D eigenvalue weighted by Gasteiger charge is -2.18. The van der Waals surface area contributed by atoms with Gasteiger partial charge in [0.05, 0.1) is 6.54 Å². The quantitative estimate of drug-likeness (QED) is 0.643. The summed E-state index contributed by atoms with van der Waals surface area (Å²) in [5, 5.41) is 6.69. The standard InChI is InChI=1S/C19H25N5O/c1-20-19(22-12-15-8-6-10-21-18(15)24(2)3)23-13-16-11-14-7-4-5-9-17(14)25-16/h4-10,16H,11-13H2,1-3H3,(H2,20,22,23). The number of aliphatic imine (C=N–C) groups is 1. The second kappa shape index (κ2) is 7.88. The number of hydrogen-bond acceptors (Lipinski definition) is 4. The smallest absolute Gasteiger partial charge is 0.191 e. The summed E-state index contributed by atoms with van der Waals surface area (Å²) in [6, 6.07) is 12.2. The fraction of sp³-hybridized carbons (Fsp3) is 0.368. The number of para-hydroxylation sites is 1. The number of pyridine rings is 1. The first kappa shape index (κ1) is 17.1. The number of ether oxygens (including phenoxy) is 1. The van der Waals surface area contributed by atoms with Gasteiger partial charge in [0.25, 0.3) is 0 Å². The van der Waals surface area contributed by atoms with E-state index in [2.05, 4.69) is 38.8 Å². The lowest BCUT2D eigenvalue weighted by Crippen LogP contribution is -2.42. The Morgan fingerprint density at radius 3 is 2.84 bits per heavy atom. The molecule has 1 aliphatic heterocycles. The van der Waals surface area contributed by atoms with Crippen LogP contribution in [0, 0.1) is 0 Å². The maximum atomic E-state index is 5.95. The zero-order chi connectivity index (χ0) is 17.6. The summed E-state index contributed by atoms with van der Waals surface area (Å²) < 4.78 is 5.95. The van der Waals surface area contributed by atoms with E-state index >= 15 is 0 Å². The van der Waals surface area contributed by atoms with Crippen LogP contribution in [-0.4, -0.2) is 44.7 Å². The van der Waals surface area contributed by atoms with Crippen LogP contribution in [0.5, 0.6) is 5.75 Å². The Hall–Kier alpha value is -2.76. The molecule has 1 aliphatic rings. The van der Waals surface area contributed by atoms with Gasteiger partial charge in [-0.05, 0) is 17.7 Å². The third-order valence-corrected chi connectivity index (χ3v) is 4.17. The van der Waals surface area contributed by atoms with Crippen LogP contribution in [0.3, 0.4) is 0 Å². The van der Waals surface area contributed by atoms with E-state index in [1.807, 2.05) is 37.2 Å². The molecule has 0 saturated heterocycles. The zero-order valence-electron chi connectivity index (χ0n) is 15.0. The summed E-state index contributed by atoms with van der Waals surface area (Å²) in [4.78, 5) is 10.7. The number of aromatic nitrogens is 1. The summed E-state index contributed by atoms with van der Waals surface area (Å²) in [5.74, 6) is 2.70. The molecule has 25 heavy (non-hydrogen) atoms. The van der Waals surface area contributed by atoms with Crippen LogP contribution in [0.2, 0.25) is 0 Å². The third-order valence-electron chi connectivity index (χ3n) is 4.17. The van der Waals surface area contributed by atoms with E-state index in [1.54, 1.807) is 13.2 Å². The predicted molar refractivity (Wildman–Crippen MR) is 101 cm³/mol. The van der Waals surface area contributed by atoms with Gasteiger partial charge in [0, 0.05) is 45.9 Å². The van der Waals surface area contributed by atoms with Crippen LogP contribution < -0.4 is 20.3 Å². The maximum Gasteiger partial charge on any atom is 0.191 e. The van der Waals surface area contributed by atoms with Gasteiger partial charge in [-0.2, -0.15) is 0 Å². The fourth-order valence-corrected chi connectivity index (χ4v) is 2.95. The van der Waals surface area contributed by atoms with E-state index in [0.717, 1.165) is 29.5 Å². The Morgan fingerprint density at radius 1 is 1.24 bits per heavy atom. The van der Waals surface area contributed by atoms with Crippen molar-refractivity contribution in [3.8, 4) is 5.75 Å². The van der Waals surface area contributed by atoms with Gasteiger partial charge in [0.2, 0.25) is 0 Å². The summed E-state index contributed by atoms with van der Waals surface area (Å²) in [7, 11) is 5.76. The van der Waals surface area contributed by atoms with Gasteiger partial charge >= 0.3 is 0 Å². The van der Waals surface area contributed by atoms with Gasteiger partial charge in [-0.1, -0.05) is 24.3 Å². The number of rotatable bonds is 5. The van der Waals surface area contributed by atoms with Crippen molar-refractivity contribution in [1.29, 1.82) is 0 Å². The van der Waals surface area contributed by atoms with Crippen LogP contribution in [0.25, 0.3) is 0 Å². The molecule has 1 aromatic carbocycles. The number of nitrogens with zero attached hydrogens (tertiary/aromatic N) is 3. The minimum absolute atomic E-state index is 0.131. The molecular formula is C19H25N5O. The highest BCUT2D eigenvalue weighted by Gasteiger charge is 2.22. The Morgan fingerprint density at radius 2 is 2.08 bits per heavy atom. The minimum atomic E-state index is 0.131. The molecule has 1 unspecified atom stereocenters. The number of anilines is 1. The average molecular weight is 339 g/mol. The van der Waals surface area contributed by atoms with Crippen molar-refractivity contribution in [2.24, 2.45) is 4.99 Å². The third kappa shape index (κ3) is 4.21.